The van der Waals surface area contributed by atoms with Gasteiger partial charge in [-0.2, -0.15) is 0 Å². The number of nitrogens with one attached hydrogen (secondary N) is 1. The molecule has 2 rings (SSSR count). The lowest BCUT2D eigenvalue weighted by Crippen LogP contribution is -2.14. The highest BCUT2D eigenvalue weighted by atomic mass is 16.5. The molecule has 16 heavy (non-hydrogen) atoms. The fraction of sp³-hybridized carbons (Fsp3) is 0.750. The van der Waals surface area contributed by atoms with Crippen LogP contribution in [0.1, 0.15) is 25.5 Å². The van der Waals surface area contributed by atoms with Crippen molar-refractivity contribution in [3.05, 3.63) is 18.2 Å². The molecule has 4 nitrogen and oxygen atoms in total. The predicted octanol–water partition coefficient (Wildman–Crippen LogP) is 1.42. The minimum atomic E-state index is 0.691. The SMILES string of the molecule is CCCn1cncc1COCC1CCNC1. The van der Waals surface area contributed by atoms with Crippen LogP contribution < -0.4 is 5.32 Å². The maximum Gasteiger partial charge on any atom is 0.0948 e. The van der Waals surface area contributed by atoms with Gasteiger partial charge in [-0.1, -0.05) is 6.92 Å². The van der Waals surface area contributed by atoms with Crippen molar-refractivity contribution in [2.45, 2.75) is 32.9 Å². The average Bonchev–Trinajstić information content (AvgIpc) is 2.91. The van der Waals surface area contributed by atoms with Crippen LogP contribution in [0.25, 0.3) is 0 Å². The highest BCUT2D eigenvalue weighted by Crippen LogP contribution is 2.09. The zero-order valence-electron chi connectivity index (χ0n) is 9.98. The molecule has 0 saturated carbocycles. The molecule has 0 bridgehead atoms. The zero-order valence-corrected chi connectivity index (χ0v) is 9.98. The Morgan fingerprint density at radius 1 is 1.62 bits per heavy atom. The molecule has 1 aromatic heterocycles. The van der Waals surface area contributed by atoms with Gasteiger partial charge < -0.3 is 14.6 Å². The van der Waals surface area contributed by atoms with Gasteiger partial charge in [0.2, 0.25) is 0 Å². The van der Waals surface area contributed by atoms with E-state index < -0.39 is 0 Å². The Morgan fingerprint density at radius 2 is 2.56 bits per heavy atom. The largest absolute Gasteiger partial charge is 0.375 e. The monoisotopic (exact) mass is 223 g/mol. The third-order valence-electron chi connectivity index (χ3n) is 3.03. The van der Waals surface area contributed by atoms with Gasteiger partial charge in [0.15, 0.2) is 0 Å². The molecule has 2 heterocycles. The van der Waals surface area contributed by atoms with Crippen molar-refractivity contribution >= 4 is 0 Å². The number of aromatic nitrogens is 2. The van der Waals surface area contributed by atoms with Gasteiger partial charge in [-0.15, -0.1) is 0 Å². The van der Waals surface area contributed by atoms with Crippen LogP contribution in [-0.2, 0) is 17.9 Å². The molecule has 0 amide bonds. The van der Waals surface area contributed by atoms with Gasteiger partial charge in [0.05, 0.1) is 31.4 Å². The molecule has 1 saturated heterocycles. The van der Waals surface area contributed by atoms with Crippen molar-refractivity contribution in [3.63, 3.8) is 0 Å². The summed E-state index contributed by atoms with van der Waals surface area (Å²) in [6.45, 7) is 7.01. The molecule has 0 aliphatic carbocycles. The molecule has 1 aliphatic rings. The summed E-state index contributed by atoms with van der Waals surface area (Å²) >= 11 is 0. The van der Waals surface area contributed by atoms with Crippen molar-refractivity contribution in [1.82, 2.24) is 14.9 Å². The van der Waals surface area contributed by atoms with Crippen LogP contribution in [0.4, 0.5) is 0 Å². The molecule has 0 radical (unpaired) electrons. The van der Waals surface area contributed by atoms with Crippen molar-refractivity contribution in [1.29, 1.82) is 0 Å². The molecule has 1 unspecified atom stereocenters. The summed E-state index contributed by atoms with van der Waals surface area (Å²) in [6.07, 6.45) is 6.17. The van der Waals surface area contributed by atoms with E-state index in [4.69, 9.17) is 4.74 Å². The maximum absolute atomic E-state index is 5.75. The van der Waals surface area contributed by atoms with Gasteiger partial charge in [0.25, 0.3) is 0 Å². The van der Waals surface area contributed by atoms with Crippen LogP contribution in [0, 0.1) is 5.92 Å². The Balaban J connectivity index is 1.73. The number of hydrogen-bond acceptors (Lipinski definition) is 3. The summed E-state index contributed by atoms with van der Waals surface area (Å²) in [5, 5.41) is 3.35. The van der Waals surface area contributed by atoms with Crippen LogP contribution in [0.5, 0.6) is 0 Å². The number of nitrogens with zero attached hydrogens (tertiary/aromatic N) is 2. The minimum absolute atomic E-state index is 0.691. The second-order valence-corrected chi connectivity index (χ2v) is 4.45. The summed E-state index contributed by atoms with van der Waals surface area (Å²) < 4.78 is 7.92. The highest BCUT2D eigenvalue weighted by Gasteiger charge is 2.14. The Labute approximate surface area is 97.0 Å². The van der Waals surface area contributed by atoms with E-state index >= 15 is 0 Å². The van der Waals surface area contributed by atoms with Crippen LogP contribution in [-0.4, -0.2) is 29.2 Å². The Hall–Kier alpha value is -0.870. The lowest BCUT2D eigenvalue weighted by atomic mass is 10.1. The van der Waals surface area contributed by atoms with E-state index in [0.29, 0.717) is 12.5 Å². The van der Waals surface area contributed by atoms with Gasteiger partial charge in [0.1, 0.15) is 0 Å². The molecule has 1 N–H and O–H groups in total. The Bertz CT molecular complexity index is 305. The topological polar surface area (TPSA) is 39.1 Å². The molecule has 1 fully saturated rings. The van der Waals surface area contributed by atoms with Crippen molar-refractivity contribution in [2.24, 2.45) is 5.92 Å². The molecule has 1 atom stereocenters. The van der Waals surface area contributed by atoms with Crippen molar-refractivity contribution in [2.75, 3.05) is 19.7 Å². The highest BCUT2D eigenvalue weighted by molar-refractivity contribution is 4.96. The first-order valence-corrected chi connectivity index (χ1v) is 6.17. The van der Waals surface area contributed by atoms with Gasteiger partial charge >= 0.3 is 0 Å². The summed E-state index contributed by atoms with van der Waals surface area (Å²) in [4.78, 5) is 4.16. The van der Waals surface area contributed by atoms with Crippen LogP contribution in [0.15, 0.2) is 12.5 Å². The molecule has 0 spiro atoms. The standard InChI is InChI=1S/C12H21N3O/c1-2-5-15-10-14-7-12(15)9-16-8-11-3-4-13-6-11/h7,10-11,13H,2-6,8-9H2,1H3. The number of aryl methyl sites for hydroxylation is 1. The minimum Gasteiger partial charge on any atom is -0.375 e. The van der Waals surface area contributed by atoms with Crippen molar-refractivity contribution < 1.29 is 4.74 Å². The van der Waals surface area contributed by atoms with E-state index in [-0.39, 0.29) is 0 Å². The number of ether oxygens (including phenoxy) is 1. The first kappa shape index (κ1) is 11.6. The van der Waals surface area contributed by atoms with Gasteiger partial charge in [0, 0.05) is 13.1 Å². The van der Waals surface area contributed by atoms with E-state index in [1.54, 1.807) is 0 Å². The van der Waals surface area contributed by atoms with E-state index in [1.807, 2.05) is 12.5 Å². The molecule has 0 aromatic carbocycles. The van der Waals surface area contributed by atoms with Crippen LogP contribution in [0.3, 0.4) is 0 Å². The summed E-state index contributed by atoms with van der Waals surface area (Å²) in [5.41, 5.74) is 1.19. The fourth-order valence-corrected chi connectivity index (χ4v) is 2.10. The van der Waals surface area contributed by atoms with Crippen LogP contribution >= 0.6 is 0 Å². The Kier molecular flexibility index (Phi) is 4.36. The number of imidazole rings is 1. The molecular formula is C12H21N3O. The maximum atomic E-state index is 5.75. The number of rotatable bonds is 6. The normalized spacial score (nSPS) is 20.4. The first-order chi connectivity index (χ1) is 7.90. The fourth-order valence-electron chi connectivity index (χ4n) is 2.10. The summed E-state index contributed by atoms with van der Waals surface area (Å²) in [6, 6.07) is 0. The molecule has 1 aromatic rings. The third-order valence-corrected chi connectivity index (χ3v) is 3.03. The van der Waals surface area contributed by atoms with Crippen molar-refractivity contribution in [3.8, 4) is 0 Å². The molecular weight excluding hydrogens is 202 g/mol. The predicted molar refractivity (Wildman–Crippen MR) is 63.2 cm³/mol. The van der Waals surface area contributed by atoms with Gasteiger partial charge in [-0.05, 0) is 25.3 Å². The summed E-state index contributed by atoms with van der Waals surface area (Å²) in [5.74, 6) is 0.697. The molecule has 1 aliphatic heterocycles. The van der Waals surface area contributed by atoms with Gasteiger partial charge in [-0.25, -0.2) is 4.98 Å². The average molecular weight is 223 g/mol. The van der Waals surface area contributed by atoms with E-state index in [2.05, 4.69) is 21.8 Å². The molecule has 90 valence electrons. The lowest BCUT2D eigenvalue weighted by Gasteiger charge is -2.10. The summed E-state index contributed by atoms with van der Waals surface area (Å²) in [7, 11) is 0. The van der Waals surface area contributed by atoms with E-state index in [1.165, 1.54) is 12.1 Å². The second kappa shape index (κ2) is 6.01. The molecule has 4 heteroatoms. The van der Waals surface area contributed by atoms with E-state index in [0.717, 1.165) is 32.7 Å². The Morgan fingerprint density at radius 3 is 3.31 bits per heavy atom. The van der Waals surface area contributed by atoms with Crippen LogP contribution in [0.2, 0.25) is 0 Å². The number of hydrogen-bond donors (Lipinski definition) is 1. The van der Waals surface area contributed by atoms with Gasteiger partial charge in [-0.3, -0.25) is 0 Å². The zero-order chi connectivity index (χ0) is 11.2. The smallest absolute Gasteiger partial charge is 0.0948 e. The quantitative estimate of drug-likeness (QED) is 0.792. The lowest BCUT2D eigenvalue weighted by molar-refractivity contribution is 0.0882. The first-order valence-electron chi connectivity index (χ1n) is 6.17. The second-order valence-electron chi connectivity index (χ2n) is 4.45. The van der Waals surface area contributed by atoms with E-state index in [9.17, 15) is 0 Å². The third kappa shape index (κ3) is 3.06.